The molecular formula is C18H20N2O5S. The van der Waals surface area contributed by atoms with Gasteiger partial charge in [-0.25, -0.2) is 17.2 Å². The molecule has 138 valence electrons. The fourth-order valence-corrected chi connectivity index (χ4v) is 4.28. The number of likely N-dealkylation sites (tertiary alicyclic amines) is 1. The number of carboxylic acid groups (broad SMARTS) is 1. The molecule has 1 amide bonds. The first kappa shape index (κ1) is 18.2. The van der Waals surface area contributed by atoms with Gasteiger partial charge in [0, 0.05) is 18.9 Å². The van der Waals surface area contributed by atoms with Crippen LogP contribution >= 0.6 is 0 Å². The zero-order chi connectivity index (χ0) is 18.9. The Balaban J connectivity index is 1.88. The number of rotatable bonds is 4. The maximum atomic E-state index is 12.7. The number of aliphatic carboxylic acids is 1. The van der Waals surface area contributed by atoms with Crippen molar-refractivity contribution in [1.29, 1.82) is 0 Å². The molecule has 2 aromatic rings. The summed E-state index contributed by atoms with van der Waals surface area (Å²) in [6.45, 7) is 2.21. The number of hydrogen-bond acceptors (Lipinski definition) is 4. The van der Waals surface area contributed by atoms with Crippen LogP contribution in [0, 0.1) is 6.92 Å². The van der Waals surface area contributed by atoms with Crippen LogP contribution in [0.3, 0.4) is 0 Å². The summed E-state index contributed by atoms with van der Waals surface area (Å²) in [5, 5.41) is 9.31. The van der Waals surface area contributed by atoms with E-state index in [1.807, 2.05) is 6.92 Å². The van der Waals surface area contributed by atoms with Crippen LogP contribution in [0.25, 0.3) is 0 Å². The summed E-state index contributed by atoms with van der Waals surface area (Å²) in [7, 11) is -3.80. The molecule has 0 radical (unpaired) electrons. The Morgan fingerprint density at radius 2 is 1.81 bits per heavy atom. The van der Waals surface area contributed by atoms with Gasteiger partial charge in [-0.1, -0.05) is 17.7 Å². The average molecular weight is 376 g/mol. The van der Waals surface area contributed by atoms with Crippen LogP contribution in [0.5, 0.6) is 0 Å². The zero-order valence-electron chi connectivity index (χ0n) is 14.3. The van der Waals surface area contributed by atoms with Crippen LogP contribution in [0.4, 0.5) is 0 Å². The Labute approximate surface area is 151 Å². The number of carbonyl (C=O) groups excluding carboxylic acids is 1. The van der Waals surface area contributed by atoms with Crippen molar-refractivity contribution in [3.8, 4) is 0 Å². The number of benzene rings is 1. The highest BCUT2D eigenvalue weighted by Crippen LogP contribution is 2.21. The molecule has 0 aliphatic carbocycles. The molecule has 0 bridgehead atoms. The maximum Gasteiger partial charge on any atom is 0.326 e. The minimum atomic E-state index is -3.80. The lowest BCUT2D eigenvalue weighted by Crippen LogP contribution is -2.47. The van der Waals surface area contributed by atoms with Crippen molar-refractivity contribution >= 4 is 21.9 Å². The monoisotopic (exact) mass is 376 g/mol. The second-order valence-electron chi connectivity index (χ2n) is 6.40. The zero-order valence-corrected chi connectivity index (χ0v) is 15.1. The summed E-state index contributed by atoms with van der Waals surface area (Å²) >= 11 is 0. The van der Waals surface area contributed by atoms with E-state index in [0.29, 0.717) is 13.0 Å². The Kier molecular flexibility index (Phi) is 4.86. The fourth-order valence-electron chi connectivity index (χ4n) is 3.08. The van der Waals surface area contributed by atoms with Gasteiger partial charge in [0.25, 0.3) is 15.9 Å². The highest BCUT2D eigenvalue weighted by molar-refractivity contribution is 7.90. The summed E-state index contributed by atoms with van der Waals surface area (Å²) in [5.41, 5.74) is 1.10. The van der Waals surface area contributed by atoms with Gasteiger partial charge >= 0.3 is 5.97 Å². The number of aromatic nitrogens is 1. The third-order valence-electron chi connectivity index (χ3n) is 4.56. The van der Waals surface area contributed by atoms with Crippen LogP contribution in [0.2, 0.25) is 0 Å². The third-order valence-corrected chi connectivity index (χ3v) is 6.21. The fraction of sp³-hybridized carbons (Fsp3) is 0.333. The number of nitrogens with zero attached hydrogens (tertiary/aromatic N) is 2. The first-order chi connectivity index (χ1) is 12.3. The minimum Gasteiger partial charge on any atom is -0.480 e. The van der Waals surface area contributed by atoms with E-state index in [9.17, 15) is 23.1 Å². The van der Waals surface area contributed by atoms with Crippen molar-refractivity contribution in [3.63, 3.8) is 0 Å². The number of hydrogen-bond donors (Lipinski definition) is 1. The lowest BCUT2D eigenvalue weighted by Gasteiger charge is -2.32. The number of carbonyl (C=O) groups is 2. The molecule has 1 saturated heterocycles. The van der Waals surface area contributed by atoms with Gasteiger partial charge in [0.05, 0.1) is 10.5 Å². The molecule has 7 nitrogen and oxygen atoms in total. The quantitative estimate of drug-likeness (QED) is 0.882. The van der Waals surface area contributed by atoms with Gasteiger partial charge in [-0.15, -0.1) is 0 Å². The highest BCUT2D eigenvalue weighted by atomic mass is 32.2. The largest absolute Gasteiger partial charge is 0.480 e. The third kappa shape index (κ3) is 3.37. The van der Waals surface area contributed by atoms with Crippen LogP contribution in [-0.2, 0) is 14.8 Å². The van der Waals surface area contributed by atoms with Gasteiger partial charge in [-0.05, 0) is 44.4 Å². The van der Waals surface area contributed by atoms with Gasteiger partial charge in [0.2, 0.25) is 0 Å². The topological polar surface area (TPSA) is 96.7 Å². The predicted molar refractivity (Wildman–Crippen MR) is 94.5 cm³/mol. The molecule has 0 saturated carbocycles. The number of piperidine rings is 1. The summed E-state index contributed by atoms with van der Waals surface area (Å²) in [5.74, 6) is -1.50. The van der Waals surface area contributed by atoms with Crippen molar-refractivity contribution < 1.29 is 23.1 Å². The first-order valence-electron chi connectivity index (χ1n) is 8.35. The lowest BCUT2D eigenvalue weighted by molar-refractivity contribution is -0.143. The van der Waals surface area contributed by atoms with E-state index >= 15 is 0 Å². The van der Waals surface area contributed by atoms with Gasteiger partial charge in [-0.3, -0.25) is 4.79 Å². The number of amides is 1. The highest BCUT2D eigenvalue weighted by Gasteiger charge is 2.33. The van der Waals surface area contributed by atoms with Crippen molar-refractivity contribution in [1.82, 2.24) is 8.87 Å². The summed E-state index contributed by atoms with van der Waals surface area (Å²) in [6, 6.07) is 6.96. The molecule has 2 heterocycles. The van der Waals surface area contributed by atoms with E-state index in [-0.39, 0.29) is 10.5 Å². The van der Waals surface area contributed by atoms with E-state index in [1.54, 1.807) is 12.1 Å². The van der Waals surface area contributed by atoms with Crippen LogP contribution < -0.4 is 0 Å². The molecule has 1 aromatic carbocycles. The summed E-state index contributed by atoms with van der Waals surface area (Å²) in [6.07, 6.45) is 4.44. The molecule has 3 rings (SSSR count). The van der Waals surface area contributed by atoms with Crippen molar-refractivity contribution in [2.75, 3.05) is 6.54 Å². The van der Waals surface area contributed by atoms with Crippen LogP contribution in [-0.4, -0.2) is 46.9 Å². The first-order valence-corrected chi connectivity index (χ1v) is 9.79. The van der Waals surface area contributed by atoms with E-state index in [0.717, 1.165) is 22.4 Å². The predicted octanol–water partition coefficient (Wildman–Crippen LogP) is 2.11. The Bertz CT molecular complexity index is 931. The SMILES string of the molecule is Cc1ccc(S(=O)(=O)n2ccc(C(=O)N3CCCC[C@@H]3C(=O)O)c2)cc1. The molecule has 1 atom stereocenters. The van der Waals surface area contributed by atoms with Crippen molar-refractivity contribution in [2.45, 2.75) is 37.1 Å². The van der Waals surface area contributed by atoms with E-state index in [2.05, 4.69) is 0 Å². The molecule has 1 N–H and O–H groups in total. The molecule has 8 heteroatoms. The molecule has 1 aliphatic rings. The normalized spacial score (nSPS) is 17.9. The number of carboxylic acids is 1. The summed E-state index contributed by atoms with van der Waals surface area (Å²) < 4.78 is 26.3. The summed E-state index contributed by atoms with van der Waals surface area (Å²) in [4.78, 5) is 25.5. The Morgan fingerprint density at radius 3 is 2.46 bits per heavy atom. The van der Waals surface area contributed by atoms with Crippen molar-refractivity contribution in [2.24, 2.45) is 0 Å². The van der Waals surface area contributed by atoms with Gasteiger partial charge in [-0.2, -0.15) is 0 Å². The minimum absolute atomic E-state index is 0.124. The van der Waals surface area contributed by atoms with E-state index < -0.39 is 27.9 Å². The molecule has 26 heavy (non-hydrogen) atoms. The maximum absolute atomic E-state index is 12.7. The lowest BCUT2D eigenvalue weighted by atomic mass is 10.0. The standard InChI is InChI=1S/C18H20N2O5S/c1-13-5-7-15(8-6-13)26(24,25)19-11-9-14(12-19)17(21)20-10-3-2-4-16(20)18(22)23/h5-9,11-12,16H,2-4,10H2,1H3,(H,22,23)/t16-/m1/s1. The second-order valence-corrected chi connectivity index (χ2v) is 8.24. The average Bonchev–Trinajstić information content (AvgIpc) is 3.12. The van der Waals surface area contributed by atoms with Gasteiger partial charge < -0.3 is 10.0 Å². The van der Waals surface area contributed by atoms with Crippen LogP contribution in [0.1, 0.15) is 35.2 Å². The molecule has 1 aliphatic heterocycles. The van der Waals surface area contributed by atoms with Crippen molar-refractivity contribution in [3.05, 3.63) is 53.9 Å². The van der Waals surface area contributed by atoms with Crippen LogP contribution in [0.15, 0.2) is 47.6 Å². The Hall–Kier alpha value is -2.61. The second kappa shape index (κ2) is 6.95. The van der Waals surface area contributed by atoms with E-state index in [4.69, 9.17) is 0 Å². The van der Waals surface area contributed by atoms with Gasteiger partial charge in [0.1, 0.15) is 6.04 Å². The molecular weight excluding hydrogens is 356 g/mol. The Morgan fingerprint density at radius 1 is 1.12 bits per heavy atom. The molecule has 0 unspecified atom stereocenters. The van der Waals surface area contributed by atoms with E-state index in [1.165, 1.54) is 35.5 Å². The van der Waals surface area contributed by atoms with Gasteiger partial charge in [0.15, 0.2) is 0 Å². The smallest absolute Gasteiger partial charge is 0.326 e. The number of aryl methyl sites for hydroxylation is 1. The molecule has 0 spiro atoms. The molecule has 1 fully saturated rings. The molecule has 1 aromatic heterocycles.